The minimum absolute atomic E-state index is 0.426. The Morgan fingerprint density at radius 2 is 1.74 bits per heavy atom. The molecule has 0 saturated carbocycles. The number of hydrogen-bond donors (Lipinski definition) is 1. The maximum absolute atomic E-state index is 5.18. The lowest BCUT2D eigenvalue weighted by molar-refractivity contribution is 0.329. The molecular formula is C17H29NO. The molecule has 0 aliphatic heterocycles. The molecule has 1 atom stereocenters. The summed E-state index contributed by atoms with van der Waals surface area (Å²) in [5.41, 5.74) is 1.81. The summed E-state index contributed by atoms with van der Waals surface area (Å²) in [6.45, 7) is 6.93. The van der Waals surface area contributed by atoms with Crippen LogP contribution in [0.5, 0.6) is 5.75 Å². The maximum Gasteiger partial charge on any atom is 0.118 e. The van der Waals surface area contributed by atoms with Crippen LogP contribution in [0.3, 0.4) is 0 Å². The predicted molar refractivity (Wildman–Crippen MR) is 82.9 cm³/mol. The second-order valence-corrected chi connectivity index (χ2v) is 6.47. The van der Waals surface area contributed by atoms with Gasteiger partial charge < -0.3 is 10.1 Å². The Kier molecular flexibility index (Phi) is 6.36. The van der Waals surface area contributed by atoms with Crippen LogP contribution in [0.4, 0.5) is 0 Å². The van der Waals surface area contributed by atoms with E-state index < -0.39 is 0 Å². The fourth-order valence-corrected chi connectivity index (χ4v) is 2.17. The van der Waals surface area contributed by atoms with E-state index in [1.807, 2.05) is 12.1 Å². The van der Waals surface area contributed by atoms with Crippen molar-refractivity contribution < 1.29 is 4.74 Å². The van der Waals surface area contributed by atoms with Crippen molar-refractivity contribution in [3.63, 3.8) is 0 Å². The first-order chi connectivity index (χ1) is 8.94. The van der Waals surface area contributed by atoms with Crippen molar-refractivity contribution in [2.75, 3.05) is 14.2 Å². The molecule has 2 nitrogen and oxygen atoms in total. The fraction of sp³-hybridized carbons (Fsp3) is 0.647. The topological polar surface area (TPSA) is 21.3 Å². The average Bonchev–Trinajstić information content (AvgIpc) is 2.38. The van der Waals surface area contributed by atoms with E-state index in [2.05, 4.69) is 45.3 Å². The Balaban J connectivity index is 2.39. The molecule has 1 rings (SSSR count). The molecule has 19 heavy (non-hydrogen) atoms. The standard InChI is InChI=1S/C17H29NO/c1-17(2,3)13-12-15(18-4)9-6-14-7-10-16(19-5)11-8-14/h7-8,10-11,15,18H,6,9,12-13H2,1-5H3. The summed E-state index contributed by atoms with van der Waals surface area (Å²) >= 11 is 0. The first kappa shape index (κ1) is 16.0. The zero-order valence-corrected chi connectivity index (χ0v) is 13.1. The average molecular weight is 263 g/mol. The Hall–Kier alpha value is -1.02. The van der Waals surface area contributed by atoms with Gasteiger partial charge >= 0.3 is 0 Å². The second-order valence-electron chi connectivity index (χ2n) is 6.47. The number of benzene rings is 1. The lowest BCUT2D eigenvalue weighted by atomic mass is 9.87. The highest BCUT2D eigenvalue weighted by molar-refractivity contribution is 5.27. The highest BCUT2D eigenvalue weighted by Crippen LogP contribution is 2.23. The molecule has 0 amide bonds. The van der Waals surface area contributed by atoms with E-state index in [-0.39, 0.29) is 0 Å². The van der Waals surface area contributed by atoms with Crippen LogP contribution in [0, 0.1) is 5.41 Å². The summed E-state index contributed by atoms with van der Waals surface area (Å²) in [5, 5.41) is 3.44. The van der Waals surface area contributed by atoms with Crippen LogP contribution >= 0.6 is 0 Å². The van der Waals surface area contributed by atoms with Crippen molar-refractivity contribution in [2.24, 2.45) is 5.41 Å². The normalized spacial score (nSPS) is 13.3. The Morgan fingerprint density at radius 1 is 1.11 bits per heavy atom. The van der Waals surface area contributed by atoms with Crippen molar-refractivity contribution in [3.05, 3.63) is 29.8 Å². The number of rotatable bonds is 7. The third kappa shape index (κ3) is 6.63. The van der Waals surface area contributed by atoms with Crippen molar-refractivity contribution in [2.45, 2.75) is 52.5 Å². The van der Waals surface area contributed by atoms with E-state index in [9.17, 15) is 0 Å². The lowest BCUT2D eigenvalue weighted by Gasteiger charge is -2.23. The van der Waals surface area contributed by atoms with E-state index in [0.717, 1.165) is 12.2 Å². The fourth-order valence-electron chi connectivity index (χ4n) is 2.17. The van der Waals surface area contributed by atoms with Gasteiger partial charge in [0.25, 0.3) is 0 Å². The molecule has 1 unspecified atom stereocenters. The molecule has 1 aromatic rings. The van der Waals surface area contributed by atoms with E-state index in [1.165, 1.54) is 24.8 Å². The summed E-state index contributed by atoms with van der Waals surface area (Å²) in [4.78, 5) is 0. The van der Waals surface area contributed by atoms with Gasteiger partial charge in [-0.05, 0) is 55.8 Å². The molecule has 1 N–H and O–H groups in total. The van der Waals surface area contributed by atoms with E-state index >= 15 is 0 Å². The third-order valence-corrected chi connectivity index (χ3v) is 3.59. The highest BCUT2D eigenvalue weighted by Gasteiger charge is 2.14. The van der Waals surface area contributed by atoms with Crippen molar-refractivity contribution in [3.8, 4) is 5.75 Å². The molecule has 0 aliphatic rings. The highest BCUT2D eigenvalue weighted by atomic mass is 16.5. The number of aryl methyl sites for hydroxylation is 1. The maximum atomic E-state index is 5.18. The number of methoxy groups -OCH3 is 1. The van der Waals surface area contributed by atoms with Gasteiger partial charge in [0, 0.05) is 6.04 Å². The number of hydrogen-bond acceptors (Lipinski definition) is 2. The van der Waals surface area contributed by atoms with Gasteiger partial charge in [-0.25, -0.2) is 0 Å². The molecule has 0 radical (unpaired) electrons. The van der Waals surface area contributed by atoms with Crippen molar-refractivity contribution in [1.82, 2.24) is 5.32 Å². The van der Waals surface area contributed by atoms with Gasteiger partial charge in [-0.3, -0.25) is 0 Å². The Labute approximate surface area is 118 Å². The molecule has 0 aromatic heterocycles. The Morgan fingerprint density at radius 3 is 2.21 bits per heavy atom. The van der Waals surface area contributed by atoms with Crippen LogP contribution in [-0.4, -0.2) is 20.2 Å². The first-order valence-corrected chi connectivity index (χ1v) is 7.25. The van der Waals surface area contributed by atoms with Crippen LogP contribution in [0.25, 0.3) is 0 Å². The molecule has 2 heteroatoms. The summed E-state index contributed by atoms with van der Waals surface area (Å²) in [5.74, 6) is 0.932. The molecule has 0 heterocycles. The largest absolute Gasteiger partial charge is 0.497 e. The van der Waals surface area contributed by atoms with Gasteiger partial charge in [0.2, 0.25) is 0 Å². The van der Waals surface area contributed by atoms with Gasteiger partial charge in [0.05, 0.1) is 7.11 Å². The molecule has 0 saturated heterocycles. The van der Waals surface area contributed by atoms with E-state index in [0.29, 0.717) is 11.5 Å². The quantitative estimate of drug-likeness (QED) is 0.801. The summed E-state index contributed by atoms with van der Waals surface area (Å²) in [7, 11) is 3.78. The van der Waals surface area contributed by atoms with Crippen LogP contribution in [0.15, 0.2) is 24.3 Å². The van der Waals surface area contributed by atoms with Gasteiger partial charge in [0.1, 0.15) is 5.75 Å². The first-order valence-electron chi connectivity index (χ1n) is 7.25. The van der Waals surface area contributed by atoms with Crippen LogP contribution in [0.2, 0.25) is 0 Å². The molecular weight excluding hydrogens is 234 g/mol. The van der Waals surface area contributed by atoms with E-state index in [1.54, 1.807) is 7.11 Å². The van der Waals surface area contributed by atoms with Crippen molar-refractivity contribution >= 4 is 0 Å². The Bertz CT molecular complexity index is 351. The van der Waals surface area contributed by atoms with Crippen molar-refractivity contribution in [1.29, 1.82) is 0 Å². The third-order valence-electron chi connectivity index (χ3n) is 3.59. The zero-order chi connectivity index (χ0) is 14.3. The zero-order valence-electron chi connectivity index (χ0n) is 13.1. The summed E-state index contributed by atoms with van der Waals surface area (Å²) in [6.07, 6.45) is 4.83. The monoisotopic (exact) mass is 263 g/mol. The predicted octanol–water partition coefficient (Wildman–Crippen LogP) is 4.04. The summed E-state index contributed by atoms with van der Waals surface area (Å²) < 4.78 is 5.18. The molecule has 0 fully saturated rings. The van der Waals surface area contributed by atoms with E-state index in [4.69, 9.17) is 4.74 Å². The van der Waals surface area contributed by atoms with Gasteiger partial charge in [-0.2, -0.15) is 0 Å². The van der Waals surface area contributed by atoms with Crippen LogP contribution in [-0.2, 0) is 6.42 Å². The van der Waals surface area contributed by atoms with Gasteiger partial charge in [0.15, 0.2) is 0 Å². The molecule has 0 spiro atoms. The lowest BCUT2D eigenvalue weighted by Crippen LogP contribution is -2.27. The van der Waals surface area contributed by atoms with Crippen LogP contribution < -0.4 is 10.1 Å². The molecule has 1 aromatic carbocycles. The minimum atomic E-state index is 0.426. The summed E-state index contributed by atoms with van der Waals surface area (Å²) in [6, 6.07) is 9.02. The number of ether oxygens (including phenoxy) is 1. The molecule has 0 aliphatic carbocycles. The smallest absolute Gasteiger partial charge is 0.118 e. The minimum Gasteiger partial charge on any atom is -0.497 e. The van der Waals surface area contributed by atoms with Gasteiger partial charge in [-0.15, -0.1) is 0 Å². The SMILES string of the molecule is CNC(CCc1ccc(OC)cc1)CCC(C)(C)C. The number of nitrogens with one attached hydrogen (secondary N) is 1. The molecule has 108 valence electrons. The second kappa shape index (κ2) is 7.54. The van der Waals surface area contributed by atoms with Gasteiger partial charge in [-0.1, -0.05) is 32.9 Å². The van der Waals surface area contributed by atoms with Crippen LogP contribution in [0.1, 0.15) is 45.6 Å². The molecule has 0 bridgehead atoms.